The third kappa shape index (κ3) is 4.45. The number of nitrogens with one attached hydrogen (secondary N) is 1. The van der Waals surface area contributed by atoms with Crippen LogP contribution in [0, 0.1) is 0 Å². The van der Waals surface area contributed by atoms with Gasteiger partial charge in [0, 0.05) is 16.6 Å². The standard InChI is InChI=1S/C19H20N4O2S2/c1-12(2)14-4-6-16(7-5-14)20-18(25)13(3)27-19-22-21-17(23(19)11-24)15-8-9-26-10-15/h4-13H,1-3H3,(H,20,25). The van der Waals surface area contributed by atoms with Crippen LogP contribution in [0.25, 0.3) is 11.4 Å². The molecular formula is C19H20N4O2S2. The number of anilines is 1. The second kappa shape index (κ2) is 8.49. The third-order valence-electron chi connectivity index (χ3n) is 4.05. The van der Waals surface area contributed by atoms with Gasteiger partial charge in [0.1, 0.15) is 0 Å². The molecule has 0 aliphatic heterocycles. The molecule has 3 aromatic rings. The zero-order chi connectivity index (χ0) is 19.4. The first-order valence-electron chi connectivity index (χ1n) is 8.50. The van der Waals surface area contributed by atoms with E-state index >= 15 is 0 Å². The lowest BCUT2D eigenvalue weighted by Gasteiger charge is -2.12. The fourth-order valence-electron chi connectivity index (χ4n) is 2.45. The van der Waals surface area contributed by atoms with E-state index in [1.807, 2.05) is 41.1 Å². The molecule has 3 rings (SSSR count). The van der Waals surface area contributed by atoms with Gasteiger partial charge in [-0.05, 0) is 42.0 Å². The van der Waals surface area contributed by atoms with Gasteiger partial charge in [-0.3, -0.25) is 9.59 Å². The number of hydrogen-bond donors (Lipinski definition) is 1. The molecule has 0 spiro atoms. The molecule has 27 heavy (non-hydrogen) atoms. The normalized spacial score (nSPS) is 12.1. The highest BCUT2D eigenvalue weighted by Crippen LogP contribution is 2.27. The molecule has 8 heteroatoms. The molecule has 0 bridgehead atoms. The largest absolute Gasteiger partial charge is 0.325 e. The second-order valence-corrected chi connectivity index (χ2v) is 8.41. The summed E-state index contributed by atoms with van der Waals surface area (Å²) in [6.45, 7) is 6.02. The van der Waals surface area contributed by atoms with E-state index in [9.17, 15) is 9.59 Å². The average Bonchev–Trinajstić information content (AvgIpc) is 3.31. The van der Waals surface area contributed by atoms with E-state index in [2.05, 4.69) is 29.4 Å². The first kappa shape index (κ1) is 19.3. The molecule has 1 atom stereocenters. The molecule has 0 saturated carbocycles. The van der Waals surface area contributed by atoms with Crippen LogP contribution in [-0.2, 0) is 9.59 Å². The highest BCUT2D eigenvalue weighted by molar-refractivity contribution is 8.00. The van der Waals surface area contributed by atoms with Gasteiger partial charge in [-0.2, -0.15) is 11.3 Å². The van der Waals surface area contributed by atoms with Crippen molar-refractivity contribution in [2.75, 3.05) is 5.32 Å². The van der Waals surface area contributed by atoms with Crippen molar-refractivity contribution < 1.29 is 9.59 Å². The molecular weight excluding hydrogens is 380 g/mol. The molecule has 140 valence electrons. The van der Waals surface area contributed by atoms with E-state index in [0.29, 0.717) is 23.3 Å². The predicted molar refractivity (Wildman–Crippen MR) is 110 cm³/mol. The number of carbonyl (C=O) groups is 2. The summed E-state index contributed by atoms with van der Waals surface area (Å²) in [5.74, 6) is 0.761. The summed E-state index contributed by atoms with van der Waals surface area (Å²) in [5, 5.41) is 14.8. The van der Waals surface area contributed by atoms with Crippen molar-refractivity contribution in [1.82, 2.24) is 14.8 Å². The van der Waals surface area contributed by atoms with Crippen LogP contribution in [0.1, 0.15) is 32.3 Å². The Morgan fingerprint density at radius 2 is 1.93 bits per heavy atom. The maximum Gasteiger partial charge on any atom is 0.237 e. The number of aromatic nitrogens is 3. The number of rotatable bonds is 7. The Morgan fingerprint density at radius 3 is 2.52 bits per heavy atom. The number of carbonyl (C=O) groups excluding carboxylic acids is 2. The van der Waals surface area contributed by atoms with Crippen LogP contribution in [0.2, 0.25) is 0 Å². The number of benzene rings is 1. The van der Waals surface area contributed by atoms with Gasteiger partial charge < -0.3 is 5.32 Å². The topological polar surface area (TPSA) is 76.9 Å². The highest BCUT2D eigenvalue weighted by atomic mass is 32.2. The van der Waals surface area contributed by atoms with Crippen molar-refractivity contribution >= 4 is 41.1 Å². The first-order chi connectivity index (χ1) is 13.0. The first-order valence-corrected chi connectivity index (χ1v) is 10.3. The van der Waals surface area contributed by atoms with E-state index in [4.69, 9.17) is 0 Å². The summed E-state index contributed by atoms with van der Waals surface area (Å²) in [6.07, 6.45) is 0.671. The molecule has 0 aliphatic carbocycles. The summed E-state index contributed by atoms with van der Waals surface area (Å²) >= 11 is 2.72. The summed E-state index contributed by atoms with van der Waals surface area (Å²) in [4.78, 5) is 24.0. The molecule has 1 unspecified atom stereocenters. The number of amides is 1. The predicted octanol–water partition coefficient (Wildman–Crippen LogP) is 4.29. The fraction of sp³-hybridized carbons (Fsp3) is 0.263. The molecule has 0 fully saturated rings. The van der Waals surface area contributed by atoms with E-state index in [1.54, 1.807) is 6.92 Å². The molecule has 2 aromatic heterocycles. The van der Waals surface area contributed by atoms with Gasteiger partial charge in [0.25, 0.3) is 0 Å². The van der Waals surface area contributed by atoms with Crippen molar-refractivity contribution in [3.05, 3.63) is 46.7 Å². The lowest BCUT2D eigenvalue weighted by atomic mass is 10.0. The summed E-state index contributed by atoms with van der Waals surface area (Å²) in [5.41, 5.74) is 2.79. The van der Waals surface area contributed by atoms with Gasteiger partial charge in [0.05, 0.1) is 5.25 Å². The van der Waals surface area contributed by atoms with Gasteiger partial charge >= 0.3 is 0 Å². The van der Waals surface area contributed by atoms with E-state index in [0.717, 1.165) is 11.3 Å². The summed E-state index contributed by atoms with van der Waals surface area (Å²) in [6, 6.07) is 9.68. The Morgan fingerprint density at radius 1 is 1.19 bits per heavy atom. The molecule has 1 aromatic carbocycles. The van der Waals surface area contributed by atoms with Gasteiger partial charge in [0.2, 0.25) is 12.3 Å². The van der Waals surface area contributed by atoms with Crippen molar-refractivity contribution in [3.63, 3.8) is 0 Å². The lowest BCUT2D eigenvalue weighted by molar-refractivity contribution is -0.115. The van der Waals surface area contributed by atoms with Crippen LogP contribution < -0.4 is 5.32 Å². The van der Waals surface area contributed by atoms with E-state index < -0.39 is 5.25 Å². The Hall–Kier alpha value is -2.45. The Balaban J connectivity index is 1.69. The highest BCUT2D eigenvalue weighted by Gasteiger charge is 2.21. The molecule has 1 amide bonds. The van der Waals surface area contributed by atoms with Gasteiger partial charge in [-0.1, -0.05) is 37.7 Å². The Bertz CT molecular complexity index is 918. The minimum atomic E-state index is -0.437. The maximum absolute atomic E-state index is 12.5. The average molecular weight is 401 g/mol. The quantitative estimate of drug-likeness (QED) is 0.473. The van der Waals surface area contributed by atoms with Crippen LogP contribution in [0.3, 0.4) is 0 Å². The minimum absolute atomic E-state index is 0.158. The molecule has 0 radical (unpaired) electrons. The van der Waals surface area contributed by atoms with Crippen LogP contribution in [0.4, 0.5) is 5.69 Å². The molecule has 0 aliphatic rings. The lowest BCUT2D eigenvalue weighted by Crippen LogP contribution is -2.23. The van der Waals surface area contributed by atoms with E-state index in [-0.39, 0.29) is 5.91 Å². The van der Waals surface area contributed by atoms with Crippen LogP contribution in [0.15, 0.2) is 46.2 Å². The SMILES string of the molecule is CC(Sc1nnc(-c2ccsc2)n1C=O)C(=O)Nc1ccc(C(C)C)cc1. The van der Waals surface area contributed by atoms with E-state index in [1.165, 1.54) is 33.2 Å². The van der Waals surface area contributed by atoms with Gasteiger partial charge in [-0.25, -0.2) is 4.57 Å². The zero-order valence-corrected chi connectivity index (χ0v) is 16.9. The van der Waals surface area contributed by atoms with Gasteiger partial charge in [0.15, 0.2) is 11.0 Å². The molecule has 0 saturated heterocycles. The number of thioether (sulfide) groups is 1. The zero-order valence-electron chi connectivity index (χ0n) is 15.2. The fourth-order valence-corrected chi connectivity index (χ4v) is 3.90. The number of thiophene rings is 1. The van der Waals surface area contributed by atoms with Crippen LogP contribution >= 0.6 is 23.1 Å². The number of nitrogens with zero attached hydrogens (tertiary/aromatic N) is 3. The summed E-state index contributed by atoms with van der Waals surface area (Å²) in [7, 11) is 0. The summed E-state index contributed by atoms with van der Waals surface area (Å²) < 4.78 is 1.37. The Kier molecular flexibility index (Phi) is 6.08. The maximum atomic E-state index is 12.5. The van der Waals surface area contributed by atoms with Crippen LogP contribution in [0.5, 0.6) is 0 Å². The monoisotopic (exact) mass is 400 g/mol. The van der Waals surface area contributed by atoms with Crippen molar-refractivity contribution in [2.24, 2.45) is 0 Å². The van der Waals surface area contributed by atoms with Crippen molar-refractivity contribution in [3.8, 4) is 11.4 Å². The van der Waals surface area contributed by atoms with Crippen LogP contribution in [-0.4, -0.2) is 32.3 Å². The minimum Gasteiger partial charge on any atom is -0.325 e. The third-order valence-corrected chi connectivity index (χ3v) is 5.79. The van der Waals surface area contributed by atoms with Crippen molar-refractivity contribution in [1.29, 1.82) is 0 Å². The number of hydrogen-bond acceptors (Lipinski definition) is 6. The Labute approximate surface area is 166 Å². The van der Waals surface area contributed by atoms with Crippen molar-refractivity contribution in [2.45, 2.75) is 37.1 Å². The molecule has 1 N–H and O–H groups in total. The smallest absolute Gasteiger partial charge is 0.237 e. The second-order valence-electron chi connectivity index (χ2n) is 6.32. The van der Waals surface area contributed by atoms with Gasteiger partial charge in [-0.15, -0.1) is 10.2 Å². The molecule has 6 nitrogen and oxygen atoms in total. The molecule has 2 heterocycles.